The number of hydrogen-bond donors (Lipinski definition) is 4. The van der Waals surface area contributed by atoms with E-state index in [-0.39, 0.29) is 12.8 Å². The molecule has 0 aliphatic carbocycles. The first kappa shape index (κ1) is 15.7. The predicted molar refractivity (Wildman–Crippen MR) is 67.3 cm³/mol. The molecule has 1 aliphatic rings. The van der Waals surface area contributed by atoms with Gasteiger partial charge in [-0.05, 0) is 19.3 Å². The van der Waals surface area contributed by atoms with Crippen LogP contribution in [0.5, 0.6) is 0 Å². The lowest BCUT2D eigenvalue weighted by atomic mass is 10.1. The molecular formula is C11H18N4O5. The van der Waals surface area contributed by atoms with Crippen LogP contribution >= 0.6 is 0 Å². The number of carbonyl (C=O) groups excluding carboxylic acids is 3. The molecule has 9 heteroatoms. The van der Waals surface area contributed by atoms with Crippen LogP contribution in [0.25, 0.3) is 0 Å². The number of hydrogen-bond acceptors (Lipinski definition) is 4. The molecule has 2 atom stereocenters. The number of amides is 4. The van der Waals surface area contributed by atoms with Crippen LogP contribution in [0.1, 0.15) is 25.7 Å². The summed E-state index contributed by atoms with van der Waals surface area (Å²) in [7, 11) is 0. The molecule has 20 heavy (non-hydrogen) atoms. The molecule has 1 aliphatic heterocycles. The Bertz CT molecular complexity index is 425. The van der Waals surface area contributed by atoms with Gasteiger partial charge in [0.15, 0.2) is 0 Å². The van der Waals surface area contributed by atoms with Crippen LogP contribution < -0.4 is 16.8 Å². The molecule has 4 amide bonds. The Morgan fingerprint density at radius 2 is 1.95 bits per heavy atom. The van der Waals surface area contributed by atoms with Gasteiger partial charge < -0.3 is 26.8 Å². The van der Waals surface area contributed by atoms with E-state index >= 15 is 0 Å². The molecule has 6 N–H and O–H groups in total. The van der Waals surface area contributed by atoms with E-state index in [9.17, 15) is 19.2 Å². The molecule has 1 heterocycles. The average molecular weight is 286 g/mol. The Morgan fingerprint density at radius 1 is 1.30 bits per heavy atom. The fourth-order valence-electron chi connectivity index (χ4n) is 2.08. The van der Waals surface area contributed by atoms with E-state index in [1.165, 1.54) is 4.90 Å². The summed E-state index contributed by atoms with van der Waals surface area (Å²) in [4.78, 5) is 46.0. The molecule has 1 unspecified atom stereocenters. The summed E-state index contributed by atoms with van der Waals surface area (Å²) in [6.45, 7) is 0.335. The summed E-state index contributed by atoms with van der Waals surface area (Å²) in [6.07, 6.45) is 0.823. The van der Waals surface area contributed by atoms with Crippen molar-refractivity contribution in [1.82, 2.24) is 10.2 Å². The first-order valence-corrected chi connectivity index (χ1v) is 6.20. The number of nitrogens with zero attached hydrogens (tertiary/aromatic N) is 1. The topological polar surface area (TPSA) is 156 Å². The lowest BCUT2D eigenvalue weighted by Crippen LogP contribution is -2.52. The highest BCUT2D eigenvalue weighted by Crippen LogP contribution is 2.17. The summed E-state index contributed by atoms with van der Waals surface area (Å²) in [5, 5.41) is 11.2. The van der Waals surface area contributed by atoms with Crippen molar-refractivity contribution in [3.63, 3.8) is 0 Å². The van der Waals surface area contributed by atoms with Gasteiger partial charge >= 0.3 is 12.0 Å². The number of primary amides is 2. The zero-order chi connectivity index (χ0) is 15.3. The van der Waals surface area contributed by atoms with E-state index in [2.05, 4.69) is 5.32 Å². The Balaban J connectivity index is 2.63. The van der Waals surface area contributed by atoms with Crippen molar-refractivity contribution in [3.8, 4) is 0 Å². The fraction of sp³-hybridized carbons (Fsp3) is 0.636. The number of aliphatic carboxylic acids is 1. The van der Waals surface area contributed by atoms with Crippen LogP contribution in [0, 0.1) is 0 Å². The van der Waals surface area contributed by atoms with Gasteiger partial charge in [0.1, 0.15) is 12.1 Å². The van der Waals surface area contributed by atoms with Crippen molar-refractivity contribution in [2.45, 2.75) is 37.8 Å². The van der Waals surface area contributed by atoms with E-state index < -0.39 is 35.9 Å². The average Bonchev–Trinajstić information content (AvgIpc) is 2.82. The molecule has 0 aromatic carbocycles. The molecule has 1 rings (SSSR count). The number of urea groups is 1. The quantitative estimate of drug-likeness (QED) is 0.461. The van der Waals surface area contributed by atoms with Gasteiger partial charge in [0.05, 0.1) is 0 Å². The van der Waals surface area contributed by atoms with Gasteiger partial charge in [0.25, 0.3) is 0 Å². The standard InChI is InChI=1S/C11H18N4O5/c12-8(16)4-3-6(10(18)19)14-11(20)15-5-1-2-7(15)9(13)17/h6-7H,1-5H2,(H2,12,16)(H2,13,17)(H,14,20)(H,18,19)/t6-,7?/m0/s1. The highest BCUT2D eigenvalue weighted by Gasteiger charge is 2.34. The number of nitrogens with two attached hydrogens (primary N) is 2. The summed E-state index contributed by atoms with van der Waals surface area (Å²) < 4.78 is 0. The minimum atomic E-state index is -1.27. The molecule has 0 aromatic rings. The number of rotatable bonds is 6. The summed E-state index contributed by atoms with van der Waals surface area (Å²) in [5.41, 5.74) is 10.1. The number of carboxylic acids is 1. The minimum absolute atomic E-state index is 0.106. The van der Waals surface area contributed by atoms with Crippen LogP contribution in [-0.4, -0.2) is 52.4 Å². The Labute approximate surface area is 115 Å². The lowest BCUT2D eigenvalue weighted by Gasteiger charge is -2.24. The first-order chi connectivity index (χ1) is 9.32. The van der Waals surface area contributed by atoms with E-state index in [4.69, 9.17) is 16.6 Å². The smallest absolute Gasteiger partial charge is 0.326 e. The maximum atomic E-state index is 11.9. The van der Waals surface area contributed by atoms with Crippen molar-refractivity contribution < 1.29 is 24.3 Å². The normalized spacial score (nSPS) is 19.4. The number of nitrogens with one attached hydrogen (secondary N) is 1. The zero-order valence-electron chi connectivity index (χ0n) is 10.9. The van der Waals surface area contributed by atoms with Crippen molar-refractivity contribution in [3.05, 3.63) is 0 Å². The van der Waals surface area contributed by atoms with Gasteiger partial charge in [0, 0.05) is 13.0 Å². The Kier molecular flexibility index (Phi) is 5.30. The lowest BCUT2D eigenvalue weighted by molar-refractivity contribution is -0.139. The van der Waals surface area contributed by atoms with Crippen LogP contribution in [0.2, 0.25) is 0 Å². The van der Waals surface area contributed by atoms with Crippen molar-refractivity contribution in [2.75, 3.05) is 6.54 Å². The number of likely N-dealkylation sites (tertiary alicyclic amines) is 1. The van der Waals surface area contributed by atoms with Gasteiger partial charge in [0.2, 0.25) is 11.8 Å². The maximum Gasteiger partial charge on any atom is 0.326 e. The zero-order valence-corrected chi connectivity index (χ0v) is 10.9. The van der Waals surface area contributed by atoms with Crippen LogP contribution in [0.3, 0.4) is 0 Å². The maximum absolute atomic E-state index is 11.9. The molecule has 9 nitrogen and oxygen atoms in total. The predicted octanol–water partition coefficient (Wildman–Crippen LogP) is -1.64. The van der Waals surface area contributed by atoms with Crippen LogP contribution in [-0.2, 0) is 14.4 Å². The molecule has 0 radical (unpaired) electrons. The van der Waals surface area contributed by atoms with Gasteiger partial charge in [-0.3, -0.25) is 9.59 Å². The number of carboxylic acid groups (broad SMARTS) is 1. The highest BCUT2D eigenvalue weighted by atomic mass is 16.4. The second-order valence-electron chi connectivity index (χ2n) is 4.60. The van der Waals surface area contributed by atoms with Crippen molar-refractivity contribution in [1.29, 1.82) is 0 Å². The van der Waals surface area contributed by atoms with E-state index in [1.807, 2.05) is 0 Å². The molecule has 0 bridgehead atoms. The summed E-state index contributed by atoms with van der Waals surface area (Å²) in [6, 6.07) is -2.63. The molecular weight excluding hydrogens is 268 g/mol. The fourth-order valence-corrected chi connectivity index (χ4v) is 2.08. The monoisotopic (exact) mass is 286 g/mol. The summed E-state index contributed by atoms with van der Waals surface area (Å²) >= 11 is 0. The SMILES string of the molecule is NC(=O)CC[C@H](NC(=O)N1CCCC1C(N)=O)C(=O)O. The van der Waals surface area contributed by atoms with Gasteiger partial charge in [-0.25, -0.2) is 9.59 Å². The molecule has 112 valence electrons. The molecule has 0 aromatic heterocycles. The third-order valence-electron chi connectivity index (χ3n) is 3.12. The minimum Gasteiger partial charge on any atom is -0.480 e. The summed E-state index contributed by atoms with van der Waals surface area (Å²) in [5.74, 6) is -2.54. The van der Waals surface area contributed by atoms with E-state index in [1.54, 1.807) is 0 Å². The molecule has 1 saturated heterocycles. The molecule has 0 spiro atoms. The number of carbonyl (C=O) groups is 4. The van der Waals surface area contributed by atoms with Crippen LogP contribution in [0.4, 0.5) is 4.79 Å². The largest absolute Gasteiger partial charge is 0.480 e. The molecule has 0 saturated carbocycles. The van der Waals surface area contributed by atoms with Gasteiger partial charge in [-0.2, -0.15) is 0 Å². The third-order valence-corrected chi connectivity index (χ3v) is 3.12. The second-order valence-corrected chi connectivity index (χ2v) is 4.60. The first-order valence-electron chi connectivity index (χ1n) is 6.20. The van der Waals surface area contributed by atoms with Gasteiger partial charge in [-0.1, -0.05) is 0 Å². The van der Waals surface area contributed by atoms with E-state index in [0.29, 0.717) is 19.4 Å². The van der Waals surface area contributed by atoms with Crippen molar-refractivity contribution in [2.24, 2.45) is 11.5 Å². The van der Waals surface area contributed by atoms with E-state index in [0.717, 1.165) is 0 Å². The Morgan fingerprint density at radius 3 is 2.45 bits per heavy atom. The Hall–Kier alpha value is -2.32. The third kappa shape index (κ3) is 4.11. The van der Waals surface area contributed by atoms with Crippen LogP contribution in [0.15, 0.2) is 0 Å². The molecule has 1 fully saturated rings. The second kappa shape index (κ2) is 6.73. The van der Waals surface area contributed by atoms with Gasteiger partial charge in [-0.15, -0.1) is 0 Å². The van der Waals surface area contributed by atoms with Crippen molar-refractivity contribution >= 4 is 23.8 Å². The highest BCUT2D eigenvalue weighted by molar-refractivity contribution is 5.88.